The minimum Gasteiger partial charge on any atom is -0.497 e. The summed E-state index contributed by atoms with van der Waals surface area (Å²) in [4.78, 5) is 39.8. The summed E-state index contributed by atoms with van der Waals surface area (Å²) in [5, 5.41) is 2.24. The number of carbonyl (C=O) groups is 3. The molecular formula is C34H31N3O7S2. The number of imide groups is 1. The number of benzene rings is 4. The lowest BCUT2D eigenvalue weighted by atomic mass is 10.2. The van der Waals surface area contributed by atoms with Crippen molar-refractivity contribution in [2.75, 3.05) is 31.6 Å². The Bertz CT molecular complexity index is 1880. The maximum absolute atomic E-state index is 14.1. The normalized spacial score (nSPS) is 14.0. The van der Waals surface area contributed by atoms with Gasteiger partial charge in [0.2, 0.25) is 0 Å². The maximum Gasteiger partial charge on any atom is 0.293 e. The number of carbonyl (C=O) groups excluding carboxylic acids is 3. The first-order chi connectivity index (χ1) is 22.2. The number of nitrogens with zero attached hydrogens (tertiary/aromatic N) is 2. The molecule has 46 heavy (non-hydrogen) atoms. The molecule has 0 spiro atoms. The van der Waals surface area contributed by atoms with Gasteiger partial charge < -0.3 is 14.8 Å². The van der Waals surface area contributed by atoms with E-state index in [4.69, 9.17) is 9.47 Å². The monoisotopic (exact) mass is 657 g/mol. The number of hydrogen-bond donors (Lipinski definition) is 1. The van der Waals surface area contributed by atoms with Crippen LogP contribution in [0.4, 0.5) is 10.5 Å². The van der Waals surface area contributed by atoms with Crippen LogP contribution in [0.15, 0.2) is 113 Å². The summed E-state index contributed by atoms with van der Waals surface area (Å²) < 4.78 is 40.0. The van der Waals surface area contributed by atoms with E-state index in [1.165, 1.54) is 35.7 Å². The van der Waals surface area contributed by atoms with Crippen LogP contribution in [0.2, 0.25) is 0 Å². The first kappa shape index (κ1) is 32.3. The van der Waals surface area contributed by atoms with E-state index < -0.39 is 27.1 Å². The average molecular weight is 658 g/mol. The average Bonchev–Trinajstić information content (AvgIpc) is 3.35. The van der Waals surface area contributed by atoms with Crippen LogP contribution in [-0.2, 0) is 21.4 Å². The largest absolute Gasteiger partial charge is 0.497 e. The molecule has 1 heterocycles. The minimum atomic E-state index is -4.17. The number of para-hydroxylation sites is 2. The van der Waals surface area contributed by atoms with Crippen molar-refractivity contribution in [1.82, 2.24) is 10.2 Å². The van der Waals surface area contributed by atoms with Gasteiger partial charge in [0.15, 0.2) is 0 Å². The Hall–Kier alpha value is -5.07. The predicted octanol–water partition coefficient (Wildman–Crippen LogP) is 5.57. The van der Waals surface area contributed by atoms with Gasteiger partial charge in [0, 0.05) is 18.7 Å². The molecule has 4 aromatic carbocycles. The summed E-state index contributed by atoms with van der Waals surface area (Å²) in [5.74, 6) is 0.0415. The van der Waals surface area contributed by atoms with Crippen molar-refractivity contribution in [2.45, 2.75) is 11.4 Å². The molecule has 0 unspecified atom stereocenters. The Morgan fingerprint density at radius 1 is 0.891 bits per heavy atom. The van der Waals surface area contributed by atoms with Crippen molar-refractivity contribution in [1.29, 1.82) is 0 Å². The standard InChI is InChI=1S/C34H31N3O7S2/c1-43-27-17-15-24(16-18-27)21-31-33(39)36(34(40)45-31)20-19-35-32(38)26-11-8-12-28(22-26)46(41,42)37(23-25-9-4-3-5-10-25)29-13-6-7-14-30(29)44-2/h3-18,21-22H,19-20,23H2,1-2H3,(H,35,38). The molecule has 0 bridgehead atoms. The molecule has 3 amide bonds. The molecule has 0 saturated carbocycles. The summed E-state index contributed by atoms with van der Waals surface area (Å²) in [6.45, 7) is -0.0389. The van der Waals surface area contributed by atoms with Crippen LogP contribution in [0.3, 0.4) is 0 Å². The van der Waals surface area contributed by atoms with Gasteiger partial charge in [-0.2, -0.15) is 0 Å². The van der Waals surface area contributed by atoms with Gasteiger partial charge in [0.25, 0.3) is 27.1 Å². The van der Waals surface area contributed by atoms with E-state index in [-0.39, 0.29) is 35.0 Å². The number of rotatable bonds is 12. The molecule has 1 aliphatic heterocycles. The number of thioether (sulfide) groups is 1. The molecule has 1 N–H and O–H groups in total. The quantitative estimate of drug-likeness (QED) is 0.197. The zero-order valence-electron chi connectivity index (χ0n) is 25.1. The third-order valence-electron chi connectivity index (χ3n) is 7.12. The predicted molar refractivity (Wildman–Crippen MR) is 177 cm³/mol. The number of hydrogen-bond acceptors (Lipinski definition) is 8. The molecule has 0 aliphatic carbocycles. The van der Waals surface area contributed by atoms with Gasteiger partial charge in [-0.05, 0) is 71.4 Å². The lowest BCUT2D eigenvalue weighted by molar-refractivity contribution is -0.122. The topological polar surface area (TPSA) is 122 Å². The van der Waals surface area contributed by atoms with E-state index >= 15 is 0 Å². The van der Waals surface area contributed by atoms with Gasteiger partial charge in [-0.1, -0.05) is 60.7 Å². The SMILES string of the molecule is COc1ccc(C=C2SC(=O)N(CCNC(=O)c3cccc(S(=O)(=O)N(Cc4ccccc4)c4ccccc4OC)c3)C2=O)cc1. The van der Waals surface area contributed by atoms with Crippen molar-refractivity contribution in [3.63, 3.8) is 0 Å². The zero-order chi connectivity index (χ0) is 32.7. The molecule has 12 heteroatoms. The van der Waals surface area contributed by atoms with Crippen molar-refractivity contribution >= 4 is 50.6 Å². The van der Waals surface area contributed by atoms with E-state index in [9.17, 15) is 22.8 Å². The third-order valence-corrected chi connectivity index (χ3v) is 9.78. The Balaban J connectivity index is 1.29. The highest BCUT2D eigenvalue weighted by atomic mass is 32.2. The Kier molecular flexibility index (Phi) is 10.1. The number of anilines is 1. The smallest absolute Gasteiger partial charge is 0.293 e. The lowest BCUT2D eigenvalue weighted by Gasteiger charge is -2.26. The fraction of sp³-hybridized carbons (Fsp3) is 0.147. The zero-order valence-corrected chi connectivity index (χ0v) is 26.7. The highest BCUT2D eigenvalue weighted by molar-refractivity contribution is 8.18. The van der Waals surface area contributed by atoms with Gasteiger partial charge >= 0.3 is 0 Å². The van der Waals surface area contributed by atoms with Crippen LogP contribution in [0.1, 0.15) is 21.5 Å². The molecule has 1 saturated heterocycles. The minimum absolute atomic E-state index is 0.0228. The van der Waals surface area contributed by atoms with E-state index in [1.807, 2.05) is 30.3 Å². The summed E-state index contributed by atoms with van der Waals surface area (Å²) in [6.07, 6.45) is 1.63. The number of methoxy groups -OCH3 is 2. The van der Waals surface area contributed by atoms with Crippen molar-refractivity contribution in [3.05, 3.63) is 125 Å². The number of nitrogens with one attached hydrogen (secondary N) is 1. The van der Waals surface area contributed by atoms with Crippen molar-refractivity contribution in [2.24, 2.45) is 0 Å². The molecule has 0 atom stereocenters. The van der Waals surface area contributed by atoms with E-state index in [0.29, 0.717) is 17.2 Å². The van der Waals surface area contributed by atoms with Crippen molar-refractivity contribution < 1.29 is 32.3 Å². The highest BCUT2D eigenvalue weighted by Gasteiger charge is 2.35. The van der Waals surface area contributed by atoms with Crippen LogP contribution in [0, 0.1) is 0 Å². The molecular weight excluding hydrogens is 627 g/mol. The summed E-state index contributed by atoms with van der Waals surface area (Å²) >= 11 is 0.825. The summed E-state index contributed by atoms with van der Waals surface area (Å²) in [7, 11) is -1.14. The highest BCUT2D eigenvalue weighted by Crippen LogP contribution is 2.34. The summed E-state index contributed by atoms with van der Waals surface area (Å²) in [6, 6.07) is 28.7. The molecule has 10 nitrogen and oxygen atoms in total. The fourth-order valence-electron chi connectivity index (χ4n) is 4.74. The molecule has 4 aromatic rings. The maximum atomic E-state index is 14.1. The summed E-state index contributed by atoms with van der Waals surface area (Å²) in [5.41, 5.74) is 1.95. The second-order valence-corrected chi connectivity index (χ2v) is 12.9. The third kappa shape index (κ3) is 7.24. The van der Waals surface area contributed by atoms with Crippen LogP contribution >= 0.6 is 11.8 Å². The molecule has 0 radical (unpaired) electrons. The fourth-order valence-corrected chi connectivity index (χ4v) is 7.11. The Morgan fingerprint density at radius 3 is 2.33 bits per heavy atom. The Morgan fingerprint density at radius 2 is 1.61 bits per heavy atom. The first-order valence-electron chi connectivity index (χ1n) is 14.2. The van der Waals surface area contributed by atoms with Crippen LogP contribution in [0.25, 0.3) is 6.08 Å². The number of ether oxygens (including phenoxy) is 2. The van der Waals surface area contributed by atoms with Gasteiger partial charge in [0.1, 0.15) is 11.5 Å². The van der Waals surface area contributed by atoms with Crippen molar-refractivity contribution in [3.8, 4) is 11.5 Å². The first-order valence-corrected chi connectivity index (χ1v) is 16.4. The Labute approximate surface area is 271 Å². The number of amides is 3. The van der Waals surface area contributed by atoms with Gasteiger partial charge in [-0.25, -0.2) is 8.42 Å². The molecule has 5 rings (SSSR count). The second kappa shape index (κ2) is 14.4. The molecule has 0 aromatic heterocycles. The van der Waals surface area contributed by atoms with Crippen LogP contribution < -0.4 is 19.1 Å². The lowest BCUT2D eigenvalue weighted by Crippen LogP contribution is -2.37. The van der Waals surface area contributed by atoms with E-state index in [2.05, 4.69) is 5.32 Å². The molecule has 1 aliphatic rings. The van der Waals surface area contributed by atoms with Crippen LogP contribution in [-0.4, -0.2) is 57.7 Å². The van der Waals surface area contributed by atoms with Crippen LogP contribution in [0.5, 0.6) is 11.5 Å². The van der Waals surface area contributed by atoms with Gasteiger partial charge in [0.05, 0.1) is 36.3 Å². The van der Waals surface area contributed by atoms with Gasteiger partial charge in [-0.3, -0.25) is 23.6 Å². The van der Waals surface area contributed by atoms with E-state index in [1.54, 1.807) is 61.7 Å². The molecule has 236 valence electrons. The van der Waals surface area contributed by atoms with Gasteiger partial charge in [-0.15, -0.1) is 0 Å². The molecule has 1 fully saturated rings. The van der Waals surface area contributed by atoms with E-state index in [0.717, 1.165) is 27.8 Å². The second-order valence-electron chi connectivity index (χ2n) is 10.1. The number of sulfonamides is 1.